The van der Waals surface area contributed by atoms with Crippen LogP contribution in [0.5, 0.6) is 0 Å². The van der Waals surface area contributed by atoms with Crippen LogP contribution in [0.15, 0.2) is 102 Å². The van der Waals surface area contributed by atoms with E-state index in [2.05, 4.69) is 58.6 Å². The number of hydrogen-bond donors (Lipinski definition) is 4. The lowest BCUT2D eigenvalue weighted by atomic mass is 9.93. The third kappa shape index (κ3) is 7.59. The standard InChI is InChI=1S/C45H41N7O4/c1-27-36(37-6-4-8-39(28(37)2)50-43-41-33(14-17-48-43)20-31(24-49-41)25-52-18-15-35(53)26-52)5-3-7-38(27)44-51-40-21-30(19-34(22-46)42(40)56-44)23-47-16-13-29-9-11-32(12-10-29)45(54)55/h3-12,14,17,19-21,24,35,47,53H,13,15-16,18,23,25-26H2,1-2H3,(H,48,50)(H,54,55). The van der Waals surface area contributed by atoms with E-state index in [-0.39, 0.29) is 11.7 Å². The van der Waals surface area contributed by atoms with Crippen LogP contribution in [0.2, 0.25) is 0 Å². The Hall–Kier alpha value is -6.45. The van der Waals surface area contributed by atoms with Crippen molar-refractivity contribution in [2.24, 2.45) is 0 Å². The highest BCUT2D eigenvalue weighted by Crippen LogP contribution is 2.37. The number of β-amino-alcohol motifs (C(OH)–C–C–N with tert-alkyl or cyclic N) is 1. The Morgan fingerprint density at radius 2 is 1.73 bits per heavy atom. The molecular weight excluding hydrogens is 703 g/mol. The number of nitriles is 1. The Morgan fingerprint density at radius 3 is 2.50 bits per heavy atom. The molecule has 0 aliphatic carbocycles. The number of aliphatic hydroxyl groups excluding tert-OH is 1. The number of benzene rings is 4. The molecule has 11 nitrogen and oxygen atoms in total. The zero-order valence-corrected chi connectivity index (χ0v) is 31.2. The number of pyridine rings is 2. The molecule has 1 fully saturated rings. The van der Waals surface area contributed by atoms with Gasteiger partial charge < -0.3 is 25.3 Å². The number of nitrogens with zero attached hydrogens (tertiary/aromatic N) is 5. The van der Waals surface area contributed by atoms with Gasteiger partial charge in [-0.05, 0) is 121 Å². The van der Waals surface area contributed by atoms with E-state index in [1.165, 1.54) is 0 Å². The minimum absolute atomic E-state index is 0.256. The summed E-state index contributed by atoms with van der Waals surface area (Å²) in [5.74, 6) is 0.188. The molecule has 8 rings (SSSR count). The third-order valence-electron chi connectivity index (χ3n) is 10.5. The van der Waals surface area contributed by atoms with Gasteiger partial charge >= 0.3 is 5.97 Å². The second kappa shape index (κ2) is 15.7. The molecule has 1 aliphatic heterocycles. The third-order valence-corrected chi connectivity index (χ3v) is 10.5. The van der Waals surface area contributed by atoms with Gasteiger partial charge in [-0.3, -0.25) is 9.88 Å². The first-order valence-electron chi connectivity index (χ1n) is 18.7. The Kier molecular flexibility index (Phi) is 10.3. The number of oxazole rings is 1. The van der Waals surface area contributed by atoms with E-state index in [0.717, 1.165) is 87.0 Å². The summed E-state index contributed by atoms with van der Waals surface area (Å²) >= 11 is 0. The summed E-state index contributed by atoms with van der Waals surface area (Å²) in [7, 11) is 0. The molecular formula is C45H41N7O4. The molecule has 1 aliphatic rings. The molecule has 4 heterocycles. The summed E-state index contributed by atoms with van der Waals surface area (Å²) in [6, 6.07) is 29.3. The molecule has 4 N–H and O–H groups in total. The fourth-order valence-corrected chi connectivity index (χ4v) is 7.52. The molecule has 280 valence electrons. The summed E-state index contributed by atoms with van der Waals surface area (Å²) in [5, 5.41) is 37.1. The summed E-state index contributed by atoms with van der Waals surface area (Å²) in [5.41, 5.74) is 11.5. The molecule has 0 saturated carbocycles. The number of carbonyl (C=O) groups is 1. The van der Waals surface area contributed by atoms with Gasteiger partial charge in [-0.25, -0.2) is 14.8 Å². The number of hydrogen-bond acceptors (Lipinski definition) is 10. The smallest absolute Gasteiger partial charge is 0.335 e. The predicted octanol–water partition coefficient (Wildman–Crippen LogP) is 7.93. The van der Waals surface area contributed by atoms with E-state index in [0.29, 0.717) is 48.0 Å². The topological polar surface area (TPSA) is 160 Å². The molecule has 0 bridgehead atoms. The highest BCUT2D eigenvalue weighted by atomic mass is 16.4. The van der Waals surface area contributed by atoms with Crippen LogP contribution in [0.3, 0.4) is 0 Å². The maximum atomic E-state index is 11.1. The molecule has 11 heteroatoms. The lowest BCUT2D eigenvalue weighted by Gasteiger charge is -2.17. The predicted molar refractivity (Wildman–Crippen MR) is 217 cm³/mol. The number of fused-ring (bicyclic) bond motifs is 2. The van der Waals surface area contributed by atoms with Crippen molar-refractivity contribution < 1.29 is 19.4 Å². The van der Waals surface area contributed by atoms with Gasteiger partial charge in [0, 0.05) is 55.2 Å². The van der Waals surface area contributed by atoms with Crippen LogP contribution in [0, 0.1) is 25.2 Å². The average molecular weight is 744 g/mol. The number of carboxylic acids is 1. The Labute approximate surface area is 324 Å². The summed E-state index contributed by atoms with van der Waals surface area (Å²) < 4.78 is 6.30. The minimum Gasteiger partial charge on any atom is -0.478 e. The van der Waals surface area contributed by atoms with Crippen molar-refractivity contribution >= 4 is 39.5 Å². The maximum absolute atomic E-state index is 11.1. The van der Waals surface area contributed by atoms with Crippen molar-refractivity contribution in [1.29, 1.82) is 5.26 Å². The number of aliphatic hydroxyl groups is 1. The van der Waals surface area contributed by atoms with Crippen LogP contribution in [-0.2, 0) is 19.5 Å². The van der Waals surface area contributed by atoms with E-state index in [1.54, 1.807) is 18.3 Å². The maximum Gasteiger partial charge on any atom is 0.335 e. The van der Waals surface area contributed by atoms with Crippen molar-refractivity contribution in [2.75, 3.05) is 25.0 Å². The summed E-state index contributed by atoms with van der Waals surface area (Å²) in [4.78, 5) is 27.7. The monoisotopic (exact) mass is 743 g/mol. The van der Waals surface area contributed by atoms with Crippen LogP contribution in [0.1, 0.15) is 50.2 Å². The van der Waals surface area contributed by atoms with Gasteiger partial charge in [0.1, 0.15) is 17.1 Å². The van der Waals surface area contributed by atoms with Crippen LogP contribution in [0.25, 0.3) is 44.6 Å². The van der Waals surface area contributed by atoms with E-state index < -0.39 is 5.97 Å². The van der Waals surface area contributed by atoms with Crippen molar-refractivity contribution in [1.82, 2.24) is 25.2 Å². The number of carboxylic acid groups (broad SMARTS) is 1. The second-order valence-electron chi connectivity index (χ2n) is 14.4. The van der Waals surface area contributed by atoms with Crippen LogP contribution >= 0.6 is 0 Å². The molecule has 56 heavy (non-hydrogen) atoms. The number of anilines is 2. The Bertz CT molecular complexity index is 2630. The lowest BCUT2D eigenvalue weighted by Crippen LogP contribution is -2.21. The quantitative estimate of drug-likeness (QED) is 0.0900. The van der Waals surface area contributed by atoms with Crippen molar-refractivity contribution in [3.8, 4) is 28.7 Å². The molecule has 0 radical (unpaired) electrons. The lowest BCUT2D eigenvalue weighted by molar-refractivity contribution is 0.0697. The first-order valence-corrected chi connectivity index (χ1v) is 18.7. The van der Waals surface area contributed by atoms with Crippen molar-refractivity contribution in [2.45, 2.75) is 45.9 Å². The van der Waals surface area contributed by atoms with Gasteiger partial charge in [0.2, 0.25) is 5.89 Å². The normalized spacial score (nSPS) is 14.4. The van der Waals surface area contributed by atoms with E-state index in [4.69, 9.17) is 19.5 Å². The van der Waals surface area contributed by atoms with Gasteiger partial charge in [-0.15, -0.1) is 0 Å². The molecule has 0 spiro atoms. The number of aromatic nitrogens is 3. The molecule has 1 atom stereocenters. The largest absolute Gasteiger partial charge is 0.478 e. The zero-order valence-electron chi connectivity index (χ0n) is 31.2. The van der Waals surface area contributed by atoms with Crippen LogP contribution in [-0.4, -0.2) is 61.8 Å². The average Bonchev–Trinajstić information content (AvgIpc) is 3.83. The molecule has 1 unspecified atom stereocenters. The van der Waals surface area contributed by atoms with Gasteiger partial charge in [-0.1, -0.05) is 36.4 Å². The highest BCUT2D eigenvalue weighted by molar-refractivity contribution is 5.91. The van der Waals surface area contributed by atoms with Crippen molar-refractivity contribution in [3.63, 3.8) is 0 Å². The molecule has 7 aromatic rings. The van der Waals surface area contributed by atoms with Crippen LogP contribution in [0.4, 0.5) is 11.5 Å². The Morgan fingerprint density at radius 1 is 0.946 bits per heavy atom. The minimum atomic E-state index is -0.939. The van der Waals surface area contributed by atoms with E-state index in [9.17, 15) is 15.2 Å². The summed E-state index contributed by atoms with van der Waals surface area (Å²) in [6.07, 6.45) is 4.98. The van der Waals surface area contributed by atoms with E-state index >= 15 is 0 Å². The fraction of sp³-hybridized carbons (Fsp3) is 0.222. The fourth-order valence-electron chi connectivity index (χ4n) is 7.52. The SMILES string of the molecule is Cc1c(Nc2nccc3cc(CN4CCC(O)C4)cnc23)cccc1-c1cccc(-c2nc3cc(CNCCc4ccc(C(=O)O)cc4)cc(C#N)c3o2)c1C. The number of rotatable bonds is 12. The van der Waals surface area contributed by atoms with Gasteiger partial charge in [0.25, 0.3) is 0 Å². The Balaban J connectivity index is 1.01. The first kappa shape index (κ1) is 36.5. The van der Waals surface area contributed by atoms with Crippen LogP contribution < -0.4 is 10.6 Å². The van der Waals surface area contributed by atoms with Gasteiger partial charge in [0.05, 0.1) is 17.2 Å². The number of aromatic carboxylic acids is 1. The van der Waals surface area contributed by atoms with Gasteiger partial charge in [-0.2, -0.15) is 5.26 Å². The molecule has 0 amide bonds. The highest BCUT2D eigenvalue weighted by Gasteiger charge is 2.21. The van der Waals surface area contributed by atoms with Crippen molar-refractivity contribution in [3.05, 3.63) is 136 Å². The molecule has 3 aromatic heterocycles. The summed E-state index contributed by atoms with van der Waals surface area (Å²) in [6.45, 7) is 7.70. The number of likely N-dealkylation sites (tertiary alicyclic amines) is 1. The molecule has 1 saturated heterocycles. The zero-order chi connectivity index (χ0) is 38.8. The first-order chi connectivity index (χ1) is 27.2. The van der Waals surface area contributed by atoms with E-state index in [1.807, 2.05) is 60.8 Å². The van der Waals surface area contributed by atoms with Gasteiger partial charge in [0.15, 0.2) is 11.4 Å². The number of nitrogens with one attached hydrogen (secondary N) is 2. The molecule has 4 aromatic carbocycles. The second-order valence-corrected chi connectivity index (χ2v) is 14.4.